The third kappa shape index (κ3) is 5.04. The van der Waals surface area contributed by atoms with Gasteiger partial charge in [0.1, 0.15) is 12.2 Å². The highest BCUT2D eigenvalue weighted by molar-refractivity contribution is 5.85. The van der Waals surface area contributed by atoms with Crippen LogP contribution in [0.5, 0.6) is 11.5 Å². The minimum atomic E-state index is -1.13. The summed E-state index contributed by atoms with van der Waals surface area (Å²) in [5.74, 6) is 0.646. The number of ether oxygens (including phenoxy) is 3. The Hall–Kier alpha value is -3.90. The van der Waals surface area contributed by atoms with Gasteiger partial charge in [0, 0.05) is 5.56 Å². The number of carbonyl (C=O) groups excluding carboxylic acids is 1. The maximum atomic E-state index is 12.8. The van der Waals surface area contributed by atoms with Gasteiger partial charge in [-0.1, -0.05) is 26.0 Å². The molecule has 0 saturated carbocycles. The van der Waals surface area contributed by atoms with E-state index in [9.17, 15) is 10.1 Å². The SMILES string of the molecule is CC(C)COC(=O)[C@@H](C#N)c1nc2ccccc2nc1N1CC[NH+](Cc2ccc3c(c2)OCO3)CC1. The molecule has 1 fully saturated rings. The zero-order valence-electron chi connectivity index (χ0n) is 20.6. The number of rotatable bonds is 7. The van der Waals surface area contributed by atoms with E-state index in [0.29, 0.717) is 17.0 Å². The molecule has 0 spiro atoms. The first kappa shape index (κ1) is 23.8. The van der Waals surface area contributed by atoms with Gasteiger partial charge in [-0.3, -0.25) is 4.79 Å². The number of aromatic nitrogens is 2. The molecule has 0 bridgehead atoms. The van der Waals surface area contributed by atoms with Crippen LogP contribution in [0, 0.1) is 17.2 Å². The molecule has 2 aliphatic heterocycles. The monoisotopic (exact) mass is 488 g/mol. The molecule has 9 nitrogen and oxygen atoms in total. The highest BCUT2D eigenvalue weighted by Crippen LogP contribution is 2.32. The Kier molecular flexibility index (Phi) is 6.87. The lowest BCUT2D eigenvalue weighted by Crippen LogP contribution is -3.13. The van der Waals surface area contributed by atoms with Crippen molar-refractivity contribution >= 4 is 22.8 Å². The molecule has 0 amide bonds. The van der Waals surface area contributed by atoms with Crippen LogP contribution in [0.15, 0.2) is 42.5 Å². The first-order valence-electron chi connectivity index (χ1n) is 12.3. The van der Waals surface area contributed by atoms with Crippen molar-refractivity contribution in [3.8, 4) is 17.6 Å². The number of piperazine rings is 1. The summed E-state index contributed by atoms with van der Waals surface area (Å²) in [7, 11) is 0. The summed E-state index contributed by atoms with van der Waals surface area (Å²) in [6.45, 7) is 8.57. The van der Waals surface area contributed by atoms with Crippen molar-refractivity contribution < 1.29 is 23.9 Å². The van der Waals surface area contributed by atoms with E-state index in [0.717, 1.165) is 49.7 Å². The number of nitrogens with one attached hydrogen (secondary N) is 1. The molecule has 2 aromatic carbocycles. The van der Waals surface area contributed by atoms with Crippen molar-refractivity contribution in [1.82, 2.24) is 9.97 Å². The number of fused-ring (bicyclic) bond motifs is 2. The van der Waals surface area contributed by atoms with Crippen LogP contribution in [0.3, 0.4) is 0 Å². The number of nitrogens with zero attached hydrogens (tertiary/aromatic N) is 4. The quantitative estimate of drug-likeness (QED) is 0.505. The lowest BCUT2D eigenvalue weighted by Gasteiger charge is -2.34. The Morgan fingerprint density at radius 2 is 1.83 bits per heavy atom. The van der Waals surface area contributed by atoms with Gasteiger partial charge < -0.3 is 24.0 Å². The fourth-order valence-electron chi connectivity index (χ4n) is 4.54. The molecule has 0 radical (unpaired) electrons. The zero-order chi connectivity index (χ0) is 25.1. The number of nitriles is 1. The summed E-state index contributed by atoms with van der Waals surface area (Å²) in [5.41, 5.74) is 2.95. The van der Waals surface area contributed by atoms with Crippen molar-refractivity contribution in [2.24, 2.45) is 5.92 Å². The van der Waals surface area contributed by atoms with Gasteiger partial charge in [0.25, 0.3) is 0 Å². The molecule has 3 heterocycles. The van der Waals surface area contributed by atoms with Crippen LogP contribution < -0.4 is 19.3 Å². The number of anilines is 1. The zero-order valence-corrected chi connectivity index (χ0v) is 20.6. The van der Waals surface area contributed by atoms with Gasteiger partial charge in [0.15, 0.2) is 23.2 Å². The van der Waals surface area contributed by atoms with E-state index < -0.39 is 11.9 Å². The number of quaternary nitrogens is 1. The number of carbonyl (C=O) groups is 1. The van der Waals surface area contributed by atoms with Crippen LogP contribution in [0.25, 0.3) is 11.0 Å². The molecule has 2 aliphatic rings. The fraction of sp³-hybridized carbons (Fsp3) is 0.407. The average Bonchev–Trinajstić information content (AvgIpc) is 3.36. The molecule has 1 N–H and O–H groups in total. The Balaban J connectivity index is 1.35. The second kappa shape index (κ2) is 10.4. The van der Waals surface area contributed by atoms with Gasteiger partial charge in [0.05, 0.1) is 49.9 Å². The molecule has 1 atom stereocenters. The van der Waals surface area contributed by atoms with E-state index in [4.69, 9.17) is 24.2 Å². The van der Waals surface area contributed by atoms with Crippen LogP contribution >= 0.6 is 0 Å². The Labute approximate surface area is 210 Å². The highest BCUT2D eigenvalue weighted by Gasteiger charge is 2.32. The molecule has 9 heteroatoms. The lowest BCUT2D eigenvalue weighted by atomic mass is 10.1. The molecule has 3 aromatic rings. The van der Waals surface area contributed by atoms with Gasteiger partial charge in [-0.15, -0.1) is 0 Å². The molecule has 5 rings (SSSR count). The van der Waals surface area contributed by atoms with Crippen LogP contribution in [-0.4, -0.2) is 55.5 Å². The van der Waals surface area contributed by atoms with Crippen molar-refractivity contribution in [1.29, 1.82) is 5.26 Å². The van der Waals surface area contributed by atoms with Crippen molar-refractivity contribution in [2.75, 3.05) is 44.5 Å². The Morgan fingerprint density at radius 1 is 1.11 bits per heavy atom. The van der Waals surface area contributed by atoms with Gasteiger partial charge in [-0.2, -0.15) is 5.26 Å². The third-order valence-corrected chi connectivity index (χ3v) is 6.44. The van der Waals surface area contributed by atoms with Crippen LogP contribution in [0.4, 0.5) is 5.82 Å². The number of para-hydroxylation sites is 2. The molecule has 36 heavy (non-hydrogen) atoms. The first-order chi connectivity index (χ1) is 17.5. The molecule has 0 aliphatic carbocycles. The Bertz CT molecular complexity index is 1300. The number of hydrogen-bond donors (Lipinski definition) is 1. The van der Waals surface area contributed by atoms with E-state index in [2.05, 4.69) is 23.1 Å². The topological polar surface area (TPSA) is 102 Å². The molecule has 1 saturated heterocycles. The maximum absolute atomic E-state index is 12.8. The molecule has 1 aromatic heterocycles. The molecule has 186 valence electrons. The third-order valence-electron chi connectivity index (χ3n) is 6.44. The van der Waals surface area contributed by atoms with E-state index >= 15 is 0 Å². The summed E-state index contributed by atoms with van der Waals surface area (Å²) in [5, 5.41) is 9.92. The second-order valence-corrected chi connectivity index (χ2v) is 9.61. The van der Waals surface area contributed by atoms with Gasteiger partial charge in [0.2, 0.25) is 6.79 Å². The lowest BCUT2D eigenvalue weighted by molar-refractivity contribution is -0.914. The number of esters is 1. The predicted octanol–water partition coefficient (Wildman–Crippen LogP) is 2.07. The molecular weight excluding hydrogens is 458 g/mol. The average molecular weight is 489 g/mol. The second-order valence-electron chi connectivity index (χ2n) is 9.61. The van der Waals surface area contributed by atoms with Crippen LogP contribution in [-0.2, 0) is 16.1 Å². The van der Waals surface area contributed by atoms with Crippen molar-refractivity contribution in [3.05, 3.63) is 53.7 Å². The smallest absolute Gasteiger partial charge is 0.329 e. The van der Waals surface area contributed by atoms with E-state index in [1.807, 2.05) is 44.2 Å². The van der Waals surface area contributed by atoms with Crippen LogP contribution in [0.2, 0.25) is 0 Å². The van der Waals surface area contributed by atoms with Crippen molar-refractivity contribution in [2.45, 2.75) is 26.3 Å². The van der Waals surface area contributed by atoms with Gasteiger partial charge >= 0.3 is 5.97 Å². The summed E-state index contributed by atoms with van der Waals surface area (Å²) in [6.07, 6.45) is 0. The highest BCUT2D eigenvalue weighted by atomic mass is 16.7. The van der Waals surface area contributed by atoms with Crippen molar-refractivity contribution in [3.63, 3.8) is 0 Å². The van der Waals surface area contributed by atoms with E-state index in [1.54, 1.807) is 0 Å². The summed E-state index contributed by atoms with van der Waals surface area (Å²) >= 11 is 0. The fourth-order valence-corrected chi connectivity index (χ4v) is 4.54. The maximum Gasteiger partial charge on any atom is 0.329 e. The largest absolute Gasteiger partial charge is 0.464 e. The number of hydrogen-bond acceptors (Lipinski definition) is 8. The summed E-state index contributed by atoms with van der Waals surface area (Å²) in [6, 6.07) is 15.7. The van der Waals surface area contributed by atoms with Gasteiger partial charge in [-0.05, 0) is 36.2 Å². The predicted molar refractivity (Wildman–Crippen MR) is 133 cm³/mol. The first-order valence-corrected chi connectivity index (χ1v) is 12.3. The molecule has 0 unspecified atom stereocenters. The minimum Gasteiger partial charge on any atom is -0.464 e. The summed E-state index contributed by atoms with van der Waals surface area (Å²) < 4.78 is 16.3. The Morgan fingerprint density at radius 3 is 2.56 bits per heavy atom. The molecular formula is C27H30N5O4+. The normalized spacial score (nSPS) is 16.2. The minimum absolute atomic E-state index is 0.177. The van der Waals surface area contributed by atoms with E-state index in [1.165, 1.54) is 10.5 Å². The standard InChI is InChI=1S/C27H29N5O4/c1-18(2)16-34-27(33)20(14-28)25-26(30-22-6-4-3-5-21(22)29-25)32-11-9-31(10-12-32)15-19-7-8-23-24(13-19)36-17-35-23/h3-8,13,18,20H,9-12,15-17H2,1-2H3/p+1/t20-/m0/s1. The summed E-state index contributed by atoms with van der Waals surface area (Å²) in [4.78, 5) is 26.0. The van der Waals surface area contributed by atoms with E-state index in [-0.39, 0.29) is 19.3 Å². The van der Waals surface area contributed by atoms with Crippen LogP contribution in [0.1, 0.15) is 31.0 Å². The number of benzene rings is 2. The van der Waals surface area contributed by atoms with Gasteiger partial charge in [-0.25, -0.2) is 9.97 Å².